The lowest BCUT2D eigenvalue weighted by Gasteiger charge is -2.38. The number of benzene rings is 3. The highest BCUT2D eigenvalue weighted by Crippen LogP contribution is 2.36. The molecule has 0 aromatic heterocycles. The molecule has 3 aromatic rings. The third-order valence-corrected chi connectivity index (χ3v) is 5.79. The number of carbonyl (C=O) groups excluding carboxylic acids is 1. The summed E-state index contributed by atoms with van der Waals surface area (Å²) >= 11 is 0. The van der Waals surface area contributed by atoms with Crippen LogP contribution in [-0.2, 0) is 11.3 Å². The quantitative estimate of drug-likeness (QED) is 0.591. The van der Waals surface area contributed by atoms with Crippen molar-refractivity contribution in [3.63, 3.8) is 0 Å². The lowest BCUT2D eigenvalue weighted by molar-refractivity contribution is -0.116. The molecule has 0 spiro atoms. The fourth-order valence-corrected chi connectivity index (χ4v) is 3.83. The number of nitrogens with zero attached hydrogens (tertiary/aromatic N) is 1. The molecule has 0 fully saturated rings. The summed E-state index contributed by atoms with van der Waals surface area (Å²) in [5.41, 5.74) is 6.23. The minimum absolute atomic E-state index is 0.0729. The summed E-state index contributed by atoms with van der Waals surface area (Å²) in [4.78, 5) is 15.0. The van der Waals surface area contributed by atoms with Crippen LogP contribution < -0.4 is 15.0 Å². The Morgan fingerprint density at radius 2 is 1.81 bits per heavy atom. The Hall–Kier alpha value is -3.34. The van der Waals surface area contributed by atoms with Crippen LogP contribution in [0.1, 0.15) is 28.7 Å². The smallest absolute Gasteiger partial charge is 0.226 e. The van der Waals surface area contributed by atoms with Gasteiger partial charge in [0.15, 0.2) is 0 Å². The molecule has 1 atom stereocenters. The molecule has 31 heavy (non-hydrogen) atoms. The first-order valence-electron chi connectivity index (χ1n) is 10.5. The average molecular weight is 419 g/mol. The maximum Gasteiger partial charge on any atom is 0.226 e. The van der Waals surface area contributed by atoms with Gasteiger partial charge in [-0.15, -0.1) is 0 Å². The van der Waals surface area contributed by atoms with Gasteiger partial charge in [0, 0.05) is 18.3 Å². The minimum Gasteiger partial charge on any atom is -0.489 e. The van der Waals surface area contributed by atoms with E-state index in [1.54, 1.807) is 6.07 Å². The molecule has 1 aliphatic rings. The van der Waals surface area contributed by atoms with Crippen molar-refractivity contribution >= 4 is 17.3 Å². The second-order valence-electron chi connectivity index (χ2n) is 8.24. The average Bonchev–Trinajstić information content (AvgIpc) is 2.74. The minimum atomic E-state index is -0.333. The van der Waals surface area contributed by atoms with Gasteiger partial charge in [-0.2, -0.15) is 0 Å². The van der Waals surface area contributed by atoms with Crippen molar-refractivity contribution in [2.45, 2.75) is 39.8 Å². The summed E-state index contributed by atoms with van der Waals surface area (Å²) < 4.78 is 19.6. The van der Waals surface area contributed by atoms with Crippen LogP contribution in [0.5, 0.6) is 5.75 Å². The molecule has 0 aliphatic carbocycles. The Bertz CT molecular complexity index is 1100. The molecule has 0 bridgehead atoms. The van der Waals surface area contributed by atoms with E-state index in [2.05, 4.69) is 41.4 Å². The lowest BCUT2D eigenvalue weighted by atomic mass is 10.0. The standard InChI is InChI=1S/C26H27FN2O2/c1-17-4-7-20(8-5-17)15-29-23(16-31-25-13-21(27)9-11-24(25)29)14-26(30)28-22-10-6-18(2)19(3)12-22/h4-13,23H,14-16H2,1-3H3,(H,28,30). The molecule has 0 saturated carbocycles. The normalized spacial score (nSPS) is 15.2. The van der Waals surface area contributed by atoms with E-state index in [1.807, 2.05) is 32.0 Å². The van der Waals surface area contributed by atoms with Crippen molar-refractivity contribution in [2.75, 3.05) is 16.8 Å². The summed E-state index contributed by atoms with van der Waals surface area (Å²) in [7, 11) is 0. The first-order chi connectivity index (χ1) is 14.9. The van der Waals surface area contributed by atoms with E-state index in [0.29, 0.717) is 18.9 Å². The number of fused-ring (bicyclic) bond motifs is 1. The molecular weight excluding hydrogens is 391 g/mol. The van der Waals surface area contributed by atoms with Crippen LogP contribution in [-0.4, -0.2) is 18.6 Å². The maximum absolute atomic E-state index is 13.7. The van der Waals surface area contributed by atoms with Gasteiger partial charge >= 0.3 is 0 Å². The molecule has 1 N–H and O–H groups in total. The number of amides is 1. The first kappa shape index (κ1) is 20.9. The Morgan fingerprint density at radius 3 is 2.55 bits per heavy atom. The number of ether oxygens (including phenoxy) is 1. The van der Waals surface area contributed by atoms with Crippen molar-refractivity contribution in [3.05, 3.63) is 88.7 Å². The van der Waals surface area contributed by atoms with Gasteiger partial charge in [0.2, 0.25) is 5.91 Å². The van der Waals surface area contributed by atoms with Crippen LogP contribution in [0.4, 0.5) is 15.8 Å². The molecular formula is C26H27FN2O2. The van der Waals surface area contributed by atoms with E-state index < -0.39 is 0 Å². The van der Waals surface area contributed by atoms with Gasteiger partial charge in [-0.1, -0.05) is 35.9 Å². The monoisotopic (exact) mass is 418 g/mol. The molecule has 3 aromatic carbocycles. The zero-order valence-electron chi connectivity index (χ0n) is 18.1. The van der Waals surface area contributed by atoms with Crippen molar-refractivity contribution in [3.8, 4) is 5.75 Å². The number of hydrogen-bond donors (Lipinski definition) is 1. The second-order valence-corrected chi connectivity index (χ2v) is 8.24. The molecule has 1 unspecified atom stereocenters. The van der Waals surface area contributed by atoms with Crippen LogP contribution in [0.15, 0.2) is 60.7 Å². The van der Waals surface area contributed by atoms with Crippen molar-refractivity contribution < 1.29 is 13.9 Å². The fourth-order valence-electron chi connectivity index (χ4n) is 3.83. The number of rotatable bonds is 5. The third-order valence-electron chi connectivity index (χ3n) is 5.79. The van der Waals surface area contributed by atoms with Crippen LogP contribution in [0.25, 0.3) is 0 Å². The maximum atomic E-state index is 13.7. The summed E-state index contributed by atoms with van der Waals surface area (Å²) in [5.74, 6) is 0.106. The highest BCUT2D eigenvalue weighted by atomic mass is 19.1. The van der Waals surface area contributed by atoms with Crippen molar-refractivity contribution in [1.82, 2.24) is 0 Å². The Balaban J connectivity index is 1.55. The second kappa shape index (κ2) is 8.80. The number of carbonyl (C=O) groups is 1. The fraction of sp³-hybridized carbons (Fsp3) is 0.269. The Kier molecular flexibility index (Phi) is 5.94. The lowest BCUT2D eigenvalue weighted by Crippen LogP contribution is -2.44. The predicted octanol–water partition coefficient (Wildman–Crippen LogP) is 5.55. The molecule has 4 rings (SSSR count). The van der Waals surface area contributed by atoms with E-state index in [4.69, 9.17) is 4.74 Å². The number of nitrogens with one attached hydrogen (secondary N) is 1. The molecule has 0 saturated heterocycles. The van der Waals surface area contributed by atoms with Crippen LogP contribution in [0, 0.1) is 26.6 Å². The molecule has 1 heterocycles. The van der Waals surface area contributed by atoms with E-state index >= 15 is 0 Å². The van der Waals surface area contributed by atoms with Crippen molar-refractivity contribution in [2.24, 2.45) is 0 Å². The van der Waals surface area contributed by atoms with E-state index in [1.165, 1.54) is 23.3 Å². The third kappa shape index (κ3) is 4.88. The Morgan fingerprint density at radius 1 is 1.03 bits per heavy atom. The highest BCUT2D eigenvalue weighted by molar-refractivity contribution is 5.91. The molecule has 160 valence electrons. The van der Waals surface area contributed by atoms with Crippen LogP contribution in [0.3, 0.4) is 0 Å². The van der Waals surface area contributed by atoms with E-state index in [-0.39, 0.29) is 24.2 Å². The SMILES string of the molecule is Cc1ccc(CN2c3ccc(F)cc3OCC2CC(=O)Nc2ccc(C)c(C)c2)cc1. The van der Waals surface area contributed by atoms with Crippen molar-refractivity contribution in [1.29, 1.82) is 0 Å². The van der Waals surface area contributed by atoms with E-state index in [9.17, 15) is 9.18 Å². The summed E-state index contributed by atoms with van der Waals surface area (Å²) in [6.45, 7) is 7.06. The van der Waals surface area contributed by atoms with Gasteiger partial charge in [0.25, 0.3) is 0 Å². The van der Waals surface area contributed by atoms with E-state index in [0.717, 1.165) is 22.5 Å². The van der Waals surface area contributed by atoms with Gasteiger partial charge in [-0.25, -0.2) is 4.39 Å². The summed E-state index contributed by atoms with van der Waals surface area (Å²) in [5, 5.41) is 3.00. The molecule has 1 aliphatic heterocycles. The van der Waals surface area contributed by atoms with Gasteiger partial charge < -0.3 is 15.0 Å². The van der Waals surface area contributed by atoms with Gasteiger partial charge in [0.05, 0.1) is 18.2 Å². The number of anilines is 2. The Labute approximate surface area is 182 Å². The molecule has 1 amide bonds. The van der Waals surface area contributed by atoms with Gasteiger partial charge in [0.1, 0.15) is 18.2 Å². The predicted molar refractivity (Wildman–Crippen MR) is 122 cm³/mol. The van der Waals surface area contributed by atoms with Gasteiger partial charge in [-0.3, -0.25) is 4.79 Å². The number of hydrogen-bond acceptors (Lipinski definition) is 3. The number of halogens is 1. The zero-order chi connectivity index (χ0) is 22.0. The first-order valence-corrected chi connectivity index (χ1v) is 10.5. The largest absolute Gasteiger partial charge is 0.489 e. The highest BCUT2D eigenvalue weighted by Gasteiger charge is 2.30. The number of aryl methyl sites for hydroxylation is 3. The zero-order valence-corrected chi connectivity index (χ0v) is 18.1. The van der Waals surface area contributed by atoms with Crippen LogP contribution in [0.2, 0.25) is 0 Å². The summed E-state index contributed by atoms with van der Waals surface area (Å²) in [6.07, 6.45) is 0.273. The molecule has 0 radical (unpaired) electrons. The molecule has 5 heteroatoms. The molecule has 4 nitrogen and oxygen atoms in total. The van der Waals surface area contributed by atoms with Gasteiger partial charge in [-0.05, 0) is 61.7 Å². The topological polar surface area (TPSA) is 41.6 Å². The summed E-state index contributed by atoms with van der Waals surface area (Å²) in [6, 6.07) is 18.6. The van der Waals surface area contributed by atoms with Crippen LogP contribution >= 0.6 is 0 Å².